The molecule has 2 aromatic rings. The van der Waals surface area contributed by atoms with Crippen molar-refractivity contribution in [1.82, 2.24) is 4.90 Å². The van der Waals surface area contributed by atoms with Crippen LogP contribution in [0.15, 0.2) is 48.5 Å². The van der Waals surface area contributed by atoms with Crippen molar-refractivity contribution in [3.63, 3.8) is 0 Å². The molecule has 0 saturated heterocycles. The van der Waals surface area contributed by atoms with Gasteiger partial charge >= 0.3 is 0 Å². The zero-order chi connectivity index (χ0) is 16.9. The van der Waals surface area contributed by atoms with Crippen molar-refractivity contribution in [2.24, 2.45) is 0 Å². The molecular formula is C19H21ClN2O2. The molecule has 1 aliphatic carbocycles. The topological polar surface area (TPSA) is 41.6 Å². The van der Waals surface area contributed by atoms with Gasteiger partial charge in [0.1, 0.15) is 5.75 Å². The average Bonchev–Trinajstić information content (AvgIpc) is 3.42. The number of anilines is 1. The number of hydrogen-bond acceptors (Lipinski definition) is 3. The minimum absolute atomic E-state index is 0.0384. The van der Waals surface area contributed by atoms with E-state index in [2.05, 4.69) is 10.2 Å². The Kier molecular flexibility index (Phi) is 5.38. The quantitative estimate of drug-likeness (QED) is 0.826. The molecule has 0 atom stereocenters. The number of amides is 1. The van der Waals surface area contributed by atoms with Crippen LogP contribution in [0.2, 0.25) is 5.02 Å². The number of nitrogens with one attached hydrogen (secondary N) is 1. The van der Waals surface area contributed by atoms with Crippen LogP contribution in [-0.4, -0.2) is 30.5 Å². The Morgan fingerprint density at radius 3 is 2.54 bits per heavy atom. The van der Waals surface area contributed by atoms with Gasteiger partial charge in [-0.3, -0.25) is 9.69 Å². The third-order valence-electron chi connectivity index (χ3n) is 4.10. The number of nitrogens with zero attached hydrogens (tertiary/aromatic N) is 1. The molecule has 3 rings (SSSR count). The van der Waals surface area contributed by atoms with Crippen molar-refractivity contribution in [1.29, 1.82) is 0 Å². The van der Waals surface area contributed by atoms with Crippen LogP contribution < -0.4 is 10.1 Å². The molecule has 0 aliphatic heterocycles. The number of halogens is 1. The zero-order valence-corrected chi connectivity index (χ0v) is 14.4. The highest BCUT2D eigenvalue weighted by atomic mass is 35.5. The van der Waals surface area contributed by atoms with E-state index >= 15 is 0 Å². The Morgan fingerprint density at radius 2 is 1.92 bits per heavy atom. The largest absolute Gasteiger partial charge is 0.497 e. The van der Waals surface area contributed by atoms with Gasteiger partial charge in [0.2, 0.25) is 5.91 Å². The first-order chi connectivity index (χ1) is 11.7. The first kappa shape index (κ1) is 16.8. The van der Waals surface area contributed by atoms with Gasteiger partial charge in [0.15, 0.2) is 0 Å². The number of benzene rings is 2. The molecular weight excluding hydrogens is 324 g/mol. The summed E-state index contributed by atoms with van der Waals surface area (Å²) in [6.45, 7) is 1.12. The fourth-order valence-corrected chi connectivity index (χ4v) is 2.84. The smallest absolute Gasteiger partial charge is 0.238 e. The predicted molar refractivity (Wildman–Crippen MR) is 96.5 cm³/mol. The van der Waals surface area contributed by atoms with E-state index in [4.69, 9.17) is 16.3 Å². The minimum atomic E-state index is -0.0384. The molecule has 0 radical (unpaired) electrons. The van der Waals surface area contributed by atoms with E-state index in [0.29, 0.717) is 23.3 Å². The van der Waals surface area contributed by atoms with Gasteiger partial charge < -0.3 is 10.1 Å². The summed E-state index contributed by atoms with van der Waals surface area (Å²) in [5.74, 6) is 0.802. The van der Waals surface area contributed by atoms with Crippen LogP contribution in [0.5, 0.6) is 5.75 Å². The molecule has 0 aromatic heterocycles. The molecule has 1 saturated carbocycles. The molecule has 1 amide bonds. The van der Waals surface area contributed by atoms with E-state index in [1.54, 1.807) is 13.2 Å². The van der Waals surface area contributed by atoms with Gasteiger partial charge in [-0.05, 0) is 42.7 Å². The highest BCUT2D eigenvalue weighted by molar-refractivity contribution is 6.33. The van der Waals surface area contributed by atoms with Gasteiger partial charge in [0.05, 0.1) is 24.4 Å². The number of carbonyl (C=O) groups is 1. The summed E-state index contributed by atoms with van der Waals surface area (Å²) < 4.78 is 5.19. The SMILES string of the molecule is COc1ccc(CN(CC(=O)Nc2ccccc2Cl)C2CC2)cc1. The van der Waals surface area contributed by atoms with Crippen molar-refractivity contribution in [3.8, 4) is 5.75 Å². The molecule has 0 bridgehead atoms. The second kappa shape index (κ2) is 7.69. The molecule has 2 aromatic carbocycles. The second-order valence-electron chi connectivity index (χ2n) is 6.01. The van der Waals surface area contributed by atoms with Crippen LogP contribution in [0.4, 0.5) is 5.69 Å². The van der Waals surface area contributed by atoms with Gasteiger partial charge in [-0.15, -0.1) is 0 Å². The van der Waals surface area contributed by atoms with E-state index in [1.165, 1.54) is 5.56 Å². The van der Waals surface area contributed by atoms with Gasteiger partial charge in [0.25, 0.3) is 0 Å². The summed E-state index contributed by atoms with van der Waals surface area (Å²) in [4.78, 5) is 14.6. The molecule has 24 heavy (non-hydrogen) atoms. The monoisotopic (exact) mass is 344 g/mol. The van der Waals surface area contributed by atoms with E-state index < -0.39 is 0 Å². The Balaban J connectivity index is 1.61. The number of hydrogen-bond donors (Lipinski definition) is 1. The number of para-hydroxylation sites is 1. The van der Waals surface area contributed by atoms with E-state index in [-0.39, 0.29) is 5.91 Å². The van der Waals surface area contributed by atoms with Gasteiger partial charge in [-0.2, -0.15) is 0 Å². The Labute approximate surface area is 147 Å². The first-order valence-corrected chi connectivity index (χ1v) is 8.45. The van der Waals surface area contributed by atoms with Crippen LogP contribution in [0, 0.1) is 0 Å². The molecule has 126 valence electrons. The molecule has 1 aliphatic rings. The number of rotatable bonds is 7. The van der Waals surface area contributed by atoms with Crippen LogP contribution in [-0.2, 0) is 11.3 Å². The Bertz CT molecular complexity index is 699. The summed E-state index contributed by atoms with van der Waals surface area (Å²) in [6.07, 6.45) is 2.30. The van der Waals surface area contributed by atoms with E-state index in [1.807, 2.05) is 42.5 Å². The standard InChI is InChI=1S/C19H21ClN2O2/c1-24-16-10-6-14(7-11-16)12-22(15-8-9-15)13-19(23)21-18-5-3-2-4-17(18)20/h2-7,10-11,15H,8-9,12-13H2,1H3,(H,21,23). The third-order valence-corrected chi connectivity index (χ3v) is 4.43. The lowest BCUT2D eigenvalue weighted by atomic mass is 10.2. The predicted octanol–water partition coefficient (Wildman–Crippen LogP) is 3.95. The maximum Gasteiger partial charge on any atom is 0.238 e. The maximum absolute atomic E-state index is 12.4. The second-order valence-corrected chi connectivity index (χ2v) is 6.42. The molecule has 0 unspecified atom stereocenters. The first-order valence-electron chi connectivity index (χ1n) is 8.07. The van der Waals surface area contributed by atoms with Crippen molar-refractivity contribution < 1.29 is 9.53 Å². The molecule has 4 nitrogen and oxygen atoms in total. The Morgan fingerprint density at radius 1 is 1.21 bits per heavy atom. The van der Waals surface area contributed by atoms with Crippen LogP contribution in [0.3, 0.4) is 0 Å². The summed E-state index contributed by atoms with van der Waals surface area (Å²) in [5.41, 5.74) is 1.83. The highest BCUT2D eigenvalue weighted by Gasteiger charge is 2.30. The Hall–Kier alpha value is -2.04. The van der Waals surface area contributed by atoms with E-state index in [0.717, 1.165) is 25.1 Å². The normalized spacial score (nSPS) is 13.8. The lowest BCUT2D eigenvalue weighted by molar-refractivity contribution is -0.117. The highest BCUT2D eigenvalue weighted by Crippen LogP contribution is 2.29. The van der Waals surface area contributed by atoms with Crippen LogP contribution in [0.25, 0.3) is 0 Å². The van der Waals surface area contributed by atoms with Crippen molar-refractivity contribution in [3.05, 3.63) is 59.1 Å². The lowest BCUT2D eigenvalue weighted by Gasteiger charge is -2.21. The molecule has 0 heterocycles. The minimum Gasteiger partial charge on any atom is -0.497 e. The summed E-state index contributed by atoms with van der Waals surface area (Å²) in [5, 5.41) is 3.45. The molecule has 5 heteroatoms. The maximum atomic E-state index is 12.4. The number of methoxy groups -OCH3 is 1. The number of ether oxygens (including phenoxy) is 1. The molecule has 1 N–H and O–H groups in total. The number of carbonyl (C=O) groups excluding carboxylic acids is 1. The van der Waals surface area contributed by atoms with Crippen molar-refractivity contribution in [2.75, 3.05) is 19.0 Å². The zero-order valence-electron chi connectivity index (χ0n) is 13.7. The molecule has 0 spiro atoms. The van der Waals surface area contributed by atoms with Gasteiger partial charge in [0, 0.05) is 12.6 Å². The van der Waals surface area contributed by atoms with Crippen LogP contribution in [0.1, 0.15) is 18.4 Å². The third kappa shape index (κ3) is 4.49. The fourth-order valence-electron chi connectivity index (χ4n) is 2.66. The fraction of sp³-hybridized carbons (Fsp3) is 0.316. The van der Waals surface area contributed by atoms with E-state index in [9.17, 15) is 4.79 Å². The van der Waals surface area contributed by atoms with Crippen molar-refractivity contribution in [2.45, 2.75) is 25.4 Å². The van der Waals surface area contributed by atoms with Gasteiger partial charge in [-0.1, -0.05) is 35.9 Å². The van der Waals surface area contributed by atoms with Crippen LogP contribution >= 0.6 is 11.6 Å². The molecule has 1 fully saturated rings. The lowest BCUT2D eigenvalue weighted by Crippen LogP contribution is -2.34. The van der Waals surface area contributed by atoms with Crippen molar-refractivity contribution >= 4 is 23.2 Å². The summed E-state index contributed by atoms with van der Waals surface area (Å²) >= 11 is 6.10. The summed E-state index contributed by atoms with van der Waals surface area (Å²) in [6, 6.07) is 15.8. The summed E-state index contributed by atoms with van der Waals surface area (Å²) in [7, 11) is 1.66. The van der Waals surface area contributed by atoms with Gasteiger partial charge in [-0.25, -0.2) is 0 Å². The average molecular weight is 345 g/mol.